The van der Waals surface area contributed by atoms with Crippen LogP contribution in [0.25, 0.3) is 11.4 Å². The fraction of sp³-hybridized carbons (Fsp3) is 0.217. The molecule has 1 amide bonds. The van der Waals surface area contributed by atoms with Crippen LogP contribution in [0.5, 0.6) is 0 Å². The standard InChI is InChI=1S/C23H21FN4O2S2/c1-13-10-16(4-6-18(13)24)22-27-21(30-28-22)9-8-20(29)26-19-7-5-17(11-14(19)2)32-23-25-15(3)12-31-23/h4-7,10-12H,8-9H2,1-3H3,(H,26,29). The number of benzene rings is 2. The van der Waals surface area contributed by atoms with Crippen molar-refractivity contribution < 1.29 is 13.7 Å². The number of thiazole rings is 1. The number of hydrogen-bond donors (Lipinski definition) is 1. The third-order valence-corrected chi connectivity index (χ3v) is 6.77. The third kappa shape index (κ3) is 5.41. The van der Waals surface area contributed by atoms with E-state index in [1.54, 1.807) is 42.2 Å². The van der Waals surface area contributed by atoms with Gasteiger partial charge >= 0.3 is 0 Å². The molecule has 2 aromatic carbocycles. The molecule has 6 nitrogen and oxygen atoms in total. The Kier molecular flexibility index (Phi) is 6.66. The van der Waals surface area contributed by atoms with Gasteiger partial charge in [-0.2, -0.15) is 4.98 Å². The van der Waals surface area contributed by atoms with Crippen molar-refractivity contribution >= 4 is 34.7 Å². The van der Waals surface area contributed by atoms with Gasteiger partial charge in [-0.1, -0.05) is 16.9 Å². The van der Waals surface area contributed by atoms with Crippen LogP contribution in [0.15, 0.2) is 55.5 Å². The maximum Gasteiger partial charge on any atom is 0.227 e. The van der Waals surface area contributed by atoms with Crippen LogP contribution in [0.4, 0.5) is 10.1 Å². The van der Waals surface area contributed by atoms with Gasteiger partial charge in [0.15, 0.2) is 4.34 Å². The molecule has 0 saturated heterocycles. The average molecular weight is 469 g/mol. The summed E-state index contributed by atoms with van der Waals surface area (Å²) in [7, 11) is 0. The normalized spacial score (nSPS) is 11.0. The molecule has 0 aliphatic carbocycles. The number of nitrogens with zero attached hydrogens (tertiary/aromatic N) is 3. The molecule has 0 saturated carbocycles. The summed E-state index contributed by atoms with van der Waals surface area (Å²) in [6, 6.07) is 10.5. The van der Waals surface area contributed by atoms with E-state index in [9.17, 15) is 9.18 Å². The Labute approximate surface area is 193 Å². The number of aryl methyl sites for hydroxylation is 4. The van der Waals surface area contributed by atoms with Crippen molar-refractivity contribution in [1.29, 1.82) is 0 Å². The summed E-state index contributed by atoms with van der Waals surface area (Å²) in [5, 5.41) is 8.89. The molecule has 0 unspecified atom stereocenters. The first-order chi connectivity index (χ1) is 15.4. The Morgan fingerprint density at radius 3 is 2.69 bits per heavy atom. The smallest absolute Gasteiger partial charge is 0.227 e. The summed E-state index contributed by atoms with van der Waals surface area (Å²) >= 11 is 3.22. The average Bonchev–Trinajstić information content (AvgIpc) is 3.39. The van der Waals surface area contributed by atoms with Crippen LogP contribution in [-0.4, -0.2) is 21.0 Å². The lowest BCUT2D eigenvalue weighted by atomic mass is 10.1. The topological polar surface area (TPSA) is 80.9 Å². The molecule has 0 atom stereocenters. The lowest BCUT2D eigenvalue weighted by Gasteiger charge is -2.09. The zero-order valence-corrected chi connectivity index (χ0v) is 19.4. The molecule has 4 aromatic rings. The maximum absolute atomic E-state index is 13.4. The molecule has 0 aliphatic rings. The van der Waals surface area contributed by atoms with E-state index in [-0.39, 0.29) is 18.1 Å². The van der Waals surface area contributed by atoms with E-state index in [1.165, 1.54) is 6.07 Å². The van der Waals surface area contributed by atoms with E-state index in [0.29, 0.717) is 29.3 Å². The Morgan fingerprint density at radius 1 is 1.12 bits per heavy atom. The molecule has 2 aromatic heterocycles. The fourth-order valence-electron chi connectivity index (χ4n) is 3.01. The van der Waals surface area contributed by atoms with Crippen LogP contribution in [0.3, 0.4) is 0 Å². The number of hydrogen-bond acceptors (Lipinski definition) is 7. The Morgan fingerprint density at radius 2 is 1.97 bits per heavy atom. The van der Waals surface area contributed by atoms with E-state index in [0.717, 1.165) is 26.2 Å². The van der Waals surface area contributed by atoms with E-state index >= 15 is 0 Å². The lowest BCUT2D eigenvalue weighted by Crippen LogP contribution is -2.13. The molecule has 0 spiro atoms. The van der Waals surface area contributed by atoms with Gasteiger partial charge in [0.2, 0.25) is 17.6 Å². The van der Waals surface area contributed by atoms with Crippen LogP contribution >= 0.6 is 23.1 Å². The Balaban J connectivity index is 1.33. The summed E-state index contributed by atoms with van der Waals surface area (Å²) in [5.41, 5.74) is 3.94. The molecule has 9 heteroatoms. The molecule has 0 radical (unpaired) electrons. The van der Waals surface area contributed by atoms with E-state index in [1.807, 2.05) is 37.4 Å². The quantitative estimate of drug-likeness (QED) is 0.359. The van der Waals surface area contributed by atoms with Crippen molar-refractivity contribution in [2.45, 2.75) is 42.8 Å². The minimum atomic E-state index is -0.283. The van der Waals surface area contributed by atoms with Crippen LogP contribution in [0.2, 0.25) is 0 Å². The van der Waals surface area contributed by atoms with Crippen LogP contribution in [-0.2, 0) is 11.2 Å². The van der Waals surface area contributed by atoms with Crippen molar-refractivity contribution in [3.8, 4) is 11.4 Å². The first kappa shape index (κ1) is 22.2. The second-order valence-electron chi connectivity index (χ2n) is 7.36. The molecule has 0 aliphatic heterocycles. The van der Waals surface area contributed by atoms with E-state index in [4.69, 9.17) is 4.52 Å². The molecule has 32 heavy (non-hydrogen) atoms. The molecular formula is C23H21FN4O2S2. The van der Waals surface area contributed by atoms with Gasteiger partial charge in [-0.15, -0.1) is 11.3 Å². The molecule has 0 fully saturated rings. The van der Waals surface area contributed by atoms with Gasteiger partial charge in [0.25, 0.3) is 0 Å². The summed E-state index contributed by atoms with van der Waals surface area (Å²) in [5.74, 6) is 0.318. The van der Waals surface area contributed by atoms with Crippen LogP contribution in [0, 0.1) is 26.6 Å². The Hall–Kier alpha value is -3.04. The van der Waals surface area contributed by atoms with Gasteiger partial charge in [0.05, 0.1) is 0 Å². The van der Waals surface area contributed by atoms with Crippen LogP contribution in [0.1, 0.15) is 29.1 Å². The summed E-state index contributed by atoms with van der Waals surface area (Å²) in [4.78, 5) is 22.3. The van der Waals surface area contributed by atoms with Crippen molar-refractivity contribution in [3.05, 3.63) is 70.3 Å². The van der Waals surface area contributed by atoms with Crippen molar-refractivity contribution in [1.82, 2.24) is 15.1 Å². The molecular weight excluding hydrogens is 447 g/mol. The third-order valence-electron chi connectivity index (χ3n) is 4.73. The van der Waals surface area contributed by atoms with Gasteiger partial charge in [0.1, 0.15) is 5.82 Å². The second kappa shape index (κ2) is 9.62. The highest BCUT2D eigenvalue weighted by atomic mass is 32.2. The summed E-state index contributed by atoms with van der Waals surface area (Å²) in [6.45, 7) is 5.61. The molecule has 4 rings (SSSR count). The van der Waals surface area contributed by atoms with Gasteiger partial charge < -0.3 is 9.84 Å². The number of aromatic nitrogens is 3. The first-order valence-corrected chi connectivity index (χ1v) is 11.7. The van der Waals surface area contributed by atoms with Crippen molar-refractivity contribution in [3.63, 3.8) is 0 Å². The minimum Gasteiger partial charge on any atom is -0.339 e. The summed E-state index contributed by atoms with van der Waals surface area (Å²) in [6.07, 6.45) is 0.522. The second-order valence-corrected chi connectivity index (χ2v) is 9.54. The lowest BCUT2D eigenvalue weighted by molar-refractivity contribution is -0.116. The minimum absolute atomic E-state index is 0.138. The number of rotatable bonds is 7. The molecule has 1 N–H and O–H groups in total. The molecule has 0 bridgehead atoms. The van der Waals surface area contributed by atoms with E-state index in [2.05, 4.69) is 20.4 Å². The van der Waals surface area contributed by atoms with Gasteiger partial charge in [0, 0.05) is 40.1 Å². The number of anilines is 1. The highest BCUT2D eigenvalue weighted by molar-refractivity contribution is 8.01. The van der Waals surface area contributed by atoms with Crippen molar-refractivity contribution in [2.24, 2.45) is 0 Å². The highest BCUT2D eigenvalue weighted by Crippen LogP contribution is 2.32. The van der Waals surface area contributed by atoms with E-state index < -0.39 is 0 Å². The predicted octanol–water partition coefficient (Wildman–Crippen LogP) is 5.98. The highest BCUT2D eigenvalue weighted by Gasteiger charge is 2.13. The molecule has 2 heterocycles. The van der Waals surface area contributed by atoms with Crippen molar-refractivity contribution in [2.75, 3.05) is 5.32 Å². The van der Waals surface area contributed by atoms with Gasteiger partial charge in [-0.05, 0) is 68.3 Å². The predicted molar refractivity (Wildman–Crippen MR) is 124 cm³/mol. The van der Waals surface area contributed by atoms with Gasteiger partial charge in [-0.3, -0.25) is 4.79 Å². The maximum atomic E-state index is 13.4. The molecule has 164 valence electrons. The van der Waals surface area contributed by atoms with Gasteiger partial charge in [-0.25, -0.2) is 9.37 Å². The first-order valence-electron chi connectivity index (χ1n) is 9.97. The van der Waals surface area contributed by atoms with Crippen LogP contribution < -0.4 is 5.32 Å². The SMILES string of the molecule is Cc1csc(Sc2ccc(NC(=O)CCc3nc(-c4ccc(F)c(C)c4)no3)c(C)c2)n1. The zero-order chi connectivity index (χ0) is 22.7. The number of nitrogens with one attached hydrogen (secondary N) is 1. The number of carbonyl (C=O) groups is 1. The Bertz CT molecular complexity index is 1270. The fourth-order valence-corrected chi connectivity index (χ4v) is 4.92. The number of carbonyl (C=O) groups excluding carboxylic acids is 1. The summed E-state index contributed by atoms with van der Waals surface area (Å²) < 4.78 is 19.7. The largest absolute Gasteiger partial charge is 0.339 e. The zero-order valence-electron chi connectivity index (χ0n) is 17.8. The number of halogens is 1. The monoisotopic (exact) mass is 468 g/mol. The number of amides is 1.